The van der Waals surface area contributed by atoms with Gasteiger partial charge in [-0.15, -0.1) is 11.3 Å². The van der Waals surface area contributed by atoms with Crippen LogP contribution in [-0.2, 0) is 6.54 Å². The molecule has 1 aliphatic carbocycles. The van der Waals surface area contributed by atoms with Crippen molar-refractivity contribution in [3.63, 3.8) is 0 Å². The minimum absolute atomic E-state index is 0.512. The molecule has 0 unspecified atom stereocenters. The SMILES string of the molecule is Cc1sc(CN=C(N)NC2CC2)nc1-c1ccc(Cl)cc1. The van der Waals surface area contributed by atoms with Crippen LogP contribution < -0.4 is 11.1 Å². The Balaban J connectivity index is 1.72. The molecule has 0 amide bonds. The van der Waals surface area contributed by atoms with Crippen molar-refractivity contribution in [2.45, 2.75) is 32.4 Å². The molecule has 1 aliphatic rings. The van der Waals surface area contributed by atoms with Crippen LogP contribution in [0.5, 0.6) is 0 Å². The molecule has 2 aromatic rings. The number of aliphatic imine (C=N–C) groups is 1. The predicted molar refractivity (Wildman–Crippen MR) is 88.8 cm³/mol. The van der Waals surface area contributed by atoms with E-state index in [-0.39, 0.29) is 0 Å². The van der Waals surface area contributed by atoms with Gasteiger partial charge in [0, 0.05) is 21.5 Å². The molecule has 6 heteroatoms. The summed E-state index contributed by atoms with van der Waals surface area (Å²) in [5.41, 5.74) is 7.91. The zero-order valence-electron chi connectivity index (χ0n) is 11.8. The minimum atomic E-state index is 0.512. The van der Waals surface area contributed by atoms with Gasteiger partial charge in [-0.1, -0.05) is 23.7 Å². The predicted octanol–water partition coefficient (Wildman–Crippen LogP) is 3.34. The van der Waals surface area contributed by atoms with Crippen LogP contribution in [0.4, 0.5) is 0 Å². The van der Waals surface area contributed by atoms with Gasteiger partial charge in [0.15, 0.2) is 5.96 Å². The van der Waals surface area contributed by atoms with E-state index in [2.05, 4.69) is 22.2 Å². The number of nitrogens with one attached hydrogen (secondary N) is 1. The van der Waals surface area contributed by atoms with Crippen LogP contribution >= 0.6 is 22.9 Å². The molecule has 1 aromatic carbocycles. The highest BCUT2D eigenvalue weighted by molar-refractivity contribution is 7.12. The van der Waals surface area contributed by atoms with Gasteiger partial charge in [0.05, 0.1) is 12.2 Å². The molecule has 0 atom stereocenters. The van der Waals surface area contributed by atoms with Gasteiger partial charge < -0.3 is 11.1 Å². The van der Waals surface area contributed by atoms with Crippen LogP contribution in [0.15, 0.2) is 29.3 Å². The van der Waals surface area contributed by atoms with E-state index in [9.17, 15) is 0 Å². The maximum atomic E-state index is 5.92. The molecule has 1 heterocycles. The lowest BCUT2D eigenvalue weighted by atomic mass is 10.1. The van der Waals surface area contributed by atoms with E-state index in [0.717, 1.165) is 21.3 Å². The summed E-state index contributed by atoms with van der Waals surface area (Å²) in [5, 5.41) is 4.88. The molecule has 1 aromatic heterocycles. The highest BCUT2D eigenvalue weighted by Crippen LogP contribution is 2.28. The molecule has 110 valence electrons. The monoisotopic (exact) mass is 320 g/mol. The maximum Gasteiger partial charge on any atom is 0.189 e. The number of guanidine groups is 1. The Kier molecular flexibility index (Phi) is 4.12. The number of hydrogen-bond acceptors (Lipinski definition) is 3. The first-order valence-corrected chi connectivity index (χ1v) is 8.10. The quantitative estimate of drug-likeness (QED) is 0.671. The van der Waals surface area contributed by atoms with Gasteiger partial charge in [0.25, 0.3) is 0 Å². The maximum absolute atomic E-state index is 5.92. The van der Waals surface area contributed by atoms with Crippen LogP contribution in [0.2, 0.25) is 5.02 Å². The van der Waals surface area contributed by atoms with Crippen LogP contribution in [0.3, 0.4) is 0 Å². The average molecular weight is 321 g/mol. The van der Waals surface area contributed by atoms with Gasteiger partial charge in [-0.05, 0) is 31.9 Å². The lowest BCUT2D eigenvalue weighted by molar-refractivity contribution is 0.877. The van der Waals surface area contributed by atoms with Gasteiger partial charge in [-0.3, -0.25) is 0 Å². The summed E-state index contributed by atoms with van der Waals surface area (Å²) in [6.07, 6.45) is 2.38. The largest absolute Gasteiger partial charge is 0.370 e. The molecule has 3 rings (SSSR count). The third-order valence-electron chi connectivity index (χ3n) is 3.27. The number of aryl methyl sites for hydroxylation is 1. The first-order valence-electron chi connectivity index (χ1n) is 6.90. The first-order chi connectivity index (χ1) is 10.1. The summed E-state index contributed by atoms with van der Waals surface area (Å²) in [6.45, 7) is 2.59. The number of thiazole rings is 1. The molecular weight excluding hydrogens is 304 g/mol. The fraction of sp³-hybridized carbons (Fsp3) is 0.333. The molecule has 1 fully saturated rings. The van der Waals surface area contributed by atoms with Gasteiger partial charge in [0.1, 0.15) is 5.01 Å². The molecule has 3 N–H and O–H groups in total. The average Bonchev–Trinajstić information content (AvgIpc) is 3.19. The standard InChI is InChI=1S/C15H17ClN4S/c1-9-14(10-2-4-11(16)5-3-10)20-13(21-9)8-18-15(17)19-12-6-7-12/h2-5,12H,6-8H2,1H3,(H3,17,18,19). The Bertz CT molecular complexity index is 659. The number of nitrogens with zero attached hydrogens (tertiary/aromatic N) is 2. The Morgan fingerprint density at radius 2 is 2.14 bits per heavy atom. The van der Waals surface area contributed by atoms with Crippen LogP contribution in [0.1, 0.15) is 22.7 Å². The third-order valence-corrected chi connectivity index (χ3v) is 4.48. The molecule has 1 saturated carbocycles. The number of benzene rings is 1. The number of rotatable bonds is 4. The van der Waals surface area contributed by atoms with Crippen LogP contribution in [-0.4, -0.2) is 17.0 Å². The fourth-order valence-corrected chi connectivity index (χ4v) is 3.04. The van der Waals surface area contributed by atoms with Crippen molar-refractivity contribution in [1.82, 2.24) is 10.3 Å². The lowest BCUT2D eigenvalue weighted by Gasteiger charge is -2.01. The molecule has 0 bridgehead atoms. The van der Waals surface area contributed by atoms with Crippen LogP contribution in [0, 0.1) is 6.92 Å². The van der Waals surface area contributed by atoms with Crippen molar-refractivity contribution in [2.24, 2.45) is 10.7 Å². The molecule has 0 aliphatic heterocycles. The van der Waals surface area contributed by atoms with Crippen molar-refractivity contribution in [1.29, 1.82) is 0 Å². The summed E-state index contributed by atoms with van der Waals surface area (Å²) >= 11 is 7.57. The minimum Gasteiger partial charge on any atom is -0.370 e. The van der Waals surface area contributed by atoms with E-state index in [1.54, 1.807) is 11.3 Å². The van der Waals surface area contributed by atoms with E-state index >= 15 is 0 Å². The Morgan fingerprint density at radius 3 is 2.81 bits per heavy atom. The summed E-state index contributed by atoms with van der Waals surface area (Å²) in [7, 11) is 0. The summed E-state index contributed by atoms with van der Waals surface area (Å²) < 4.78 is 0. The van der Waals surface area contributed by atoms with Gasteiger partial charge in [-0.2, -0.15) is 0 Å². The topological polar surface area (TPSA) is 63.3 Å². The zero-order chi connectivity index (χ0) is 14.8. The van der Waals surface area contributed by atoms with E-state index in [1.807, 2.05) is 24.3 Å². The Labute approximate surface area is 133 Å². The highest BCUT2D eigenvalue weighted by atomic mass is 35.5. The normalized spacial score (nSPS) is 15.2. The van der Waals surface area contributed by atoms with E-state index < -0.39 is 0 Å². The second-order valence-electron chi connectivity index (χ2n) is 5.14. The summed E-state index contributed by atoms with van der Waals surface area (Å²) in [6, 6.07) is 8.26. The number of hydrogen-bond donors (Lipinski definition) is 2. The van der Waals surface area contributed by atoms with Crippen molar-refractivity contribution in [3.05, 3.63) is 39.2 Å². The molecule has 21 heavy (non-hydrogen) atoms. The molecule has 0 spiro atoms. The second kappa shape index (κ2) is 6.03. The van der Waals surface area contributed by atoms with Crippen molar-refractivity contribution in [2.75, 3.05) is 0 Å². The third kappa shape index (κ3) is 3.74. The Morgan fingerprint density at radius 1 is 1.43 bits per heavy atom. The second-order valence-corrected chi connectivity index (χ2v) is 6.86. The number of halogens is 1. The number of aromatic nitrogens is 1. The van der Waals surface area contributed by atoms with E-state index in [0.29, 0.717) is 18.5 Å². The first kappa shape index (κ1) is 14.4. The summed E-state index contributed by atoms with van der Waals surface area (Å²) in [5.74, 6) is 0.512. The summed E-state index contributed by atoms with van der Waals surface area (Å²) in [4.78, 5) is 10.2. The molecule has 0 radical (unpaired) electrons. The van der Waals surface area contributed by atoms with E-state index in [4.69, 9.17) is 17.3 Å². The smallest absolute Gasteiger partial charge is 0.189 e. The molecule has 0 saturated heterocycles. The van der Waals surface area contributed by atoms with Crippen LogP contribution in [0.25, 0.3) is 11.3 Å². The molecule has 4 nitrogen and oxygen atoms in total. The molecular formula is C15H17ClN4S. The zero-order valence-corrected chi connectivity index (χ0v) is 13.3. The van der Waals surface area contributed by atoms with Gasteiger partial charge in [-0.25, -0.2) is 9.98 Å². The van der Waals surface area contributed by atoms with Crippen molar-refractivity contribution < 1.29 is 0 Å². The number of nitrogens with two attached hydrogens (primary N) is 1. The van der Waals surface area contributed by atoms with E-state index in [1.165, 1.54) is 17.7 Å². The van der Waals surface area contributed by atoms with Crippen molar-refractivity contribution in [3.8, 4) is 11.3 Å². The lowest BCUT2D eigenvalue weighted by Crippen LogP contribution is -2.33. The van der Waals surface area contributed by atoms with Gasteiger partial charge in [0.2, 0.25) is 0 Å². The van der Waals surface area contributed by atoms with Gasteiger partial charge >= 0.3 is 0 Å². The highest BCUT2D eigenvalue weighted by Gasteiger charge is 2.21. The van der Waals surface area contributed by atoms with Crippen molar-refractivity contribution >= 4 is 28.9 Å². The fourth-order valence-electron chi connectivity index (χ4n) is 2.03. The Hall–Kier alpha value is -1.59.